The Morgan fingerprint density at radius 2 is 1.89 bits per heavy atom. The second-order valence-electron chi connectivity index (χ2n) is 6.53. The number of morpholine rings is 1. The summed E-state index contributed by atoms with van der Waals surface area (Å²) in [5.41, 5.74) is 0.973. The predicted molar refractivity (Wildman–Crippen MR) is 106 cm³/mol. The number of nitrogens with one attached hydrogen (secondary N) is 1. The van der Waals surface area contributed by atoms with Gasteiger partial charge in [0, 0.05) is 16.4 Å². The molecule has 1 aliphatic heterocycles. The molecule has 0 saturated carbocycles. The summed E-state index contributed by atoms with van der Waals surface area (Å²) < 4.78 is 6.94. The van der Waals surface area contributed by atoms with Gasteiger partial charge in [0.1, 0.15) is 6.10 Å². The highest BCUT2D eigenvalue weighted by Gasteiger charge is 2.34. The Hall–Kier alpha value is -2.51. The third kappa shape index (κ3) is 3.28. The summed E-state index contributed by atoms with van der Waals surface area (Å²) in [5.74, 6) is -0.208. The molecule has 0 unspecified atom stereocenters. The number of aromatic amines is 1. The Morgan fingerprint density at radius 1 is 1.19 bits per heavy atom. The number of hydrogen-bond donors (Lipinski definition) is 1. The van der Waals surface area contributed by atoms with Crippen LogP contribution in [0.15, 0.2) is 57.8 Å². The molecule has 2 aromatic carbocycles. The highest BCUT2D eigenvalue weighted by atomic mass is 79.9. The van der Waals surface area contributed by atoms with Gasteiger partial charge in [-0.05, 0) is 30.7 Å². The van der Waals surface area contributed by atoms with Crippen LogP contribution in [0.2, 0.25) is 0 Å². The summed E-state index contributed by atoms with van der Waals surface area (Å²) in [4.78, 5) is 27.0. The van der Waals surface area contributed by atoms with Crippen molar-refractivity contribution < 1.29 is 9.53 Å². The minimum atomic E-state index is -0.301. The zero-order valence-electron chi connectivity index (χ0n) is 14.7. The lowest BCUT2D eigenvalue weighted by molar-refractivity contribution is -0.0553. The summed E-state index contributed by atoms with van der Waals surface area (Å²) >= 11 is 3.44. The van der Waals surface area contributed by atoms with E-state index >= 15 is 0 Å². The van der Waals surface area contributed by atoms with E-state index in [0.717, 1.165) is 10.0 Å². The van der Waals surface area contributed by atoms with E-state index < -0.39 is 0 Å². The van der Waals surface area contributed by atoms with Crippen LogP contribution in [0.3, 0.4) is 0 Å². The van der Waals surface area contributed by atoms with Crippen LogP contribution in [0.5, 0.6) is 0 Å². The van der Waals surface area contributed by atoms with Gasteiger partial charge in [0.2, 0.25) is 0 Å². The van der Waals surface area contributed by atoms with Crippen LogP contribution < -0.4 is 5.56 Å². The summed E-state index contributed by atoms with van der Waals surface area (Å²) in [6.07, 6.45) is -0.218. The summed E-state index contributed by atoms with van der Waals surface area (Å²) in [5, 5.41) is 7.51. The zero-order chi connectivity index (χ0) is 19.0. The SMILES string of the molecule is C[C@H]1[C@H](c2ccc(Br)cc2)OCCN1C(=O)c1n[nH]c(=O)c2ccccc12. The first-order valence-corrected chi connectivity index (χ1v) is 9.51. The van der Waals surface area contributed by atoms with Gasteiger partial charge in [0.15, 0.2) is 5.69 Å². The molecule has 1 fully saturated rings. The Balaban J connectivity index is 1.69. The zero-order valence-corrected chi connectivity index (χ0v) is 16.3. The number of rotatable bonds is 2. The molecule has 6 nitrogen and oxygen atoms in total. The van der Waals surface area contributed by atoms with Crippen molar-refractivity contribution in [3.63, 3.8) is 0 Å². The highest BCUT2D eigenvalue weighted by molar-refractivity contribution is 9.10. The maximum absolute atomic E-state index is 13.2. The van der Waals surface area contributed by atoms with Gasteiger partial charge in [-0.1, -0.05) is 46.3 Å². The number of nitrogens with zero attached hydrogens (tertiary/aromatic N) is 2. The van der Waals surface area contributed by atoms with Crippen molar-refractivity contribution in [3.05, 3.63) is 74.6 Å². The average molecular weight is 428 g/mol. The first-order valence-electron chi connectivity index (χ1n) is 8.71. The monoisotopic (exact) mass is 427 g/mol. The van der Waals surface area contributed by atoms with E-state index in [1.165, 1.54) is 0 Å². The van der Waals surface area contributed by atoms with Crippen LogP contribution in [0.4, 0.5) is 0 Å². The molecular formula is C20H18BrN3O3. The van der Waals surface area contributed by atoms with Crippen molar-refractivity contribution in [1.29, 1.82) is 0 Å². The van der Waals surface area contributed by atoms with Crippen LogP contribution in [0.25, 0.3) is 10.8 Å². The molecule has 138 valence electrons. The third-order valence-electron chi connectivity index (χ3n) is 4.92. The maximum Gasteiger partial charge on any atom is 0.275 e. The number of hydrogen-bond acceptors (Lipinski definition) is 4. The molecule has 0 bridgehead atoms. The number of H-pyrrole nitrogens is 1. The molecule has 0 spiro atoms. The molecule has 2 atom stereocenters. The van der Waals surface area contributed by atoms with E-state index in [1.807, 2.05) is 31.2 Å². The van der Waals surface area contributed by atoms with Gasteiger partial charge < -0.3 is 9.64 Å². The Labute approximate surface area is 164 Å². The second-order valence-corrected chi connectivity index (χ2v) is 7.44. The number of benzene rings is 2. The van der Waals surface area contributed by atoms with E-state index in [0.29, 0.717) is 23.9 Å². The van der Waals surface area contributed by atoms with Crippen molar-refractivity contribution in [2.24, 2.45) is 0 Å². The van der Waals surface area contributed by atoms with Crippen molar-refractivity contribution in [1.82, 2.24) is 15.1 Å². The van der Waals surface area contributed by atoms with Gasteiger partial charge in [-0.3, -0.25) is 9.59 Å². The molecule has 4 rings (SSSR count). The molecule has 1 aromatic heterocycles. The van der Waals surface area contributed by atoms with E-state index in [4.69, 9.17) is 4.74 Å². The van der Waals surface area contributed by atoms with E-state index in [1.54, 1.807) is 29.2 Å². The maximum atomic E-state index is 13.2. The number of ether oxygens (including phenoxy) is 1. The number of amides is 1. The lowest BCUT2D eigenvalue weighted by Crippen LogP contribution is -2.49. The normalized spacial score (nSPS) is 20.0. The van der Waals surface area contributed by atoms with E-state index in [-0.39, 0.29) is 29.3 Å². The first kappa shape index (κ1) is 17.9. The molecule has 3 aromatic rings. The fraction of sp³-hybridized carbons (Fsp3) is 0.250. The van der Waals surface area contributed by atoms with Crippen LogP contribution in [-0.2, 0) is 4.74 Å². The van der Waals surface area contributed by atoms with Gasteiger partial charge in [-0.15, -0.1) is 0 Å². The van der Waals surface area contributed by atoms with Crippen LogP contribution in [-0.4, -0.2) is 40.2 Å². The number of fused-ring (bicyclic) bond motifs is 1. The van der Waals surface area contributed by atoms with Gasteiger partial charge >= 0.3 is 0 Å². The standard InChI is InChI=1S/C20H18BrN3O3/c1-12-18(13-6-8-14(21)9-7-13)27-11-10-24(12)20(26)17-15-4-2-3-5-16(15)19(25)23-22-17/h2-9,12,18H,10-11H2,1H3,(H,23,25)/t12-,18+/m0/s1. The largest absolute Gasteiger partial charge is 0.370 e. The molecule has 7 heteroatoms. The number of carbonyl (C=O) groups is 1. The van der Waals surface area contributed by atoms with Gasteiger partial charge in [0.05, 0.1) is 18.0 Å². The Kier molecular flexibility index (Phi) is 4.80. The van der Waals surface area contributed by atoms with E-state index in [9.17, 15) is 9.59 Å². The summed E-state index contributed by atoms with van der Waals surface area (Å²) in [6.45, 7) is 2.89. The topological polar surface area (TPSA) is 75.3 Å². The van der Waals surface area contributed by atoms with Gasteiger partial charge in [-0.2, -0.15) is 5.10 Å². The lowest BCUT2D eigenvalue weighted by Gasteiger charge is -2.39. The Bertz CT molecular complexity index is 1050. The van der Waals surface area contributed by atoms with Gasteiger partial charge in [-0.25, -0.2) is 5.10 Å². The molecular weight excluding hydrogens is 410 g/mol. The molecule has 1 N–H and O–H groups in total. The second kappa shape index (κ2) is 7.25. The smallest absolute Gasteiger partial charge is 0.275 e. The fourth-order valence-electron chi connectivity index (χ4n) is 3.51. The quantitative estimate of drug-likeness (QED) is 0.680. The van der Waals surface area contributed by atoms with Crippen molar-refractivity contribution in [2.45, 2.75) is 19.1 Å². The average Bonchev–Trinajstić information content (AvgIpc) is 2.69. The molecule has 1 aliphatic rings. The number of carbonyl (C=O) groups excluding carboxylic acids is 1. The Morgan fingerprint density at radius 3 is 2.63 bits per heavy atom. The lowest BCUT2D eigenvalue weighted by atomic mass is 10.00. The summed E-state index contributed by atoms with van der Waals surface area (Å²) in [7, 11) is 0. The van der Waals surface area contributed by atoms with Crippen LogP contribution in [0.1, 0.15) is 29.1 Å². The molecule has 1 saturated heterocycles. The highest BCUT2D eigenvalue weighted by Crippen LogP contribution is 2.30. The van der Waals surface area contributed by atoms with Gasteiger partial charge in [0.25, 0.3) is 11.5 Å². The molecule has 2 heterocycles. The summed E-state index contributed by atoms with van der Waals surface area (Å²) in [6, 6.07) is 14.8. The molecule has 1 amide bonds. The van der Waals surface area contributed by atoms with Crippen molar-refractivity contribution in [3.8, 4) is 0 Å². The molecule has 0 aliphatic carbocycles. The molecule has 0 radical (unpaired) electrons. The number of halogens is 1. The van der Waals surface area contributed by atoms with Crippen molar-refractivity contribution in [2.75, 3.05) is 13.2 Å². The third-order valence-corrected chi connectivity index (χ3v) is 5.45. The van der Waals surface area contributed by atoms with Crippen molar-refractivity contribution >= 4 is 32.6 Å². The predicted octanol–water partition coefficient (Wildman–Crippen LogP) is 3.29. The number of aromatic nitrogens is 2. The first-order chi connectivity index (χ1) is 13.1. The molecule has 27 heavy (non-hydrogen) atoms. The minimum Gasteiger partial charge on any atom is -0.370 e. The minimum absolute atomic E-state index is 0.167. The van der Waals surface area contributed by atoms with E-state index in [2.05, 4.69) is 26.1 Å². The van der Waals surface area contributed by atoms with Crippen LogP contribution in [0, 0.1) is 0 Å². The van der Waals surface area contributed by atoms with Crippen LogP contribution >= 0.6 is 15.9 Å². The fourth-order valence-corrected chi connectivity index (χ4v) is 3.78.